The van der Waals surface area contributed by atoms with Crippen molar-refractivity contribution < 1.29 is 9.18 Å². The molecule has 2 aromatic heterocycles. The predicted octanol–water partition coefficient (Wildman–Crippen LogP) is 4.33. The molecule has 1 atom stereocenters. The Balaban J connectivity index is 1.54. The lowest BCUT2D eigenvalue weighted by Crippen LogP contribution is -2.37. The summed E-state index contributed by atoms with van der Waals surface area (Å²) in [5, 5.41) is 8.50. The summed E-state index contributed by atoms with van der Waals surface area (Å²) in [6.45, 7) is 4.36. The topological polar surface area (TPSA) is 59.8 Å². The number of carbonyl (C=O) groups excluding carboxylic acids is 1. The number of hydrogen-bond donors (Lipinski definition) is 1. The van der Waals surface area contributed by atoms with Crippen molar-refractivity contribution >= 4 is 17.7 Å². The van der Waals surface area contributed by atoms with Crippen LogP contribution in [-0.2, 0) is 11.2 Å². The summed E-state index contributed by atoms with van der Waals surface area (Å²) in [5.74, 6) is -0.0209. The van der Waals surface area contributed by atoms with Gasteiger partial charge in [-0.15, -0.1) is 0 Å². The lowest BCUT2D eigenvalue weighted by molar-refractivity contribution is -0.119. The summed E-state index contributed by atoms with van der Waals surface area (Å²) >= 11 is 1.42. The molecule has 0 aliphatic heterocycles. The number of nitrogens with one attached hydrogen (secondary N) is 1. The molecule has 2 heterocycles. The molecule has 0 unspecified atom stereocenters. The zero-order valence-corrected chi connectivity index (χ0v) is 17.2. The summed E-state index contributed by atoms with van der Waals surface area (Å²) in [5.41, 5.74) is 2.71. The van der Waals surface area contributed by atoms with E-state index in [0.29, 0.717) is 11.4 Å². The molecule has 1 amide bonds. The highest BCUT2D eigenvalue weighted by molar-refractivity contribution is 7.99. The smallest absolute Gasteiger partial charge is 0.230 e. The largest absolute Gasteiger partial charge is 0.348 e. The molecule has 0 bridgehead atoms. The van der Waals surface area contributed by atoms with Crippen LogP contribution in [0.2, 0.25) is 0 Å². The van der Waals surface area contributed by atoms with Crippen molar-refractivity contribution in [2.75, 3.05) is 5.75 Å². The van der Waals surface area contributed by atoms with Crippen molar-refractivity contribution in [2.45, 2.75) is 37.8 Å². The molecule has 0 saturated carbocycles. The third-order valence-electron chi connectivity index (χ3n) is 5.06. The molecule has 1 aromatic carbocycles. The predicted molar refractivity (Wildman–Crippen MR) is 111 cm³/mol. The molecule has 7 heteroatoms. The van der Waals surface area contributed by atoms with Crippen LogP contribution in [-0.4, -0.2) is 26.4 Å². The first kappa shape index (κ1) is 19.6. The molecule has 29 heavy (non-hydrogen) atoms. The average Bonchev–Trinajstić information content (AvgIpc) is 3.10. The number of aromatic nitrogens is 3. The van der Waals surface area contributed by atoms with Gasteiger partial charge in [0.15, 0.2) is 0 Å². The Hall–Kier alpha value is -2.67. The van der Waals surface area contributed by atoms with Gasteiger partial charge in [-0.05, 0) is 48.6 Å². The van der Waals surface area contributed by atoms with E-state index in [1.165, 1.54) is 23.9 Å². The van der Waals surface area contributed by atoms with Gasteiger partial charge in [0.25, 0.3) is 0 Å². The van der Waals surface area contributed by atoms with E-state index in [-0.39, 0.29) is 23.2 Å². The Morgan fingerprint density at radius 2 is 2.17 bits per heavy atom. The Kier molecular flexibility index (Phi) is 5.41. The molecule has 150 valence electrons. The maximum absolute atomic E-state index is 13.7. The molecular weight excluding hydrogens is 387 g/mol. The fourth-order valence-electron chi connectivity index (χ4n) is 3.81. The van der Waals surface area contributed by atoms with Gasteiger partial charge < -0.3 is 5.32 Å². The van der Waals surface area contributed by atoms with Crippen molar-refractivity contribution in [1.29, 1.82) is 0 Å². The van der Waals surface area contributed by atoms with E-state index in [9.17, 15) is 9.18 Å². The lowest BCUT2D eigenvalue weighted by atomic mass is 9.74. The maximum atomic E-state index is 13.7. The van der Waals surface area contributed by atoms with Crippen LogP contribution < -0.4 is 5.32 Å². The molecule has 1 N–H and O–H groups in total. The number of pyridine rings is 1. The number of nitrogens with zero attached hydrogens (tertiary/aromatic N) is 3. The molecule has 5 nitrogen and oxygen atoms in total. The minimum absolute atomic E-state index is 0.00974. The zero-order chi connectivity index (χ0) is 20.4. The first-order valence-corrected chi connectivity index (χ1v) is 10.6. The Labute approximate surface area is 173 Å². The van der Waals surface area contributed by atoms with Gasteiger partial charge in [-0.2, -0.15) is 5.10 Å². The number of halogens is 1. The number of carbonyl (C=O) groups is 1. The second-order valence-electron chi connectivity index (χ2n) is 8.06. The fourth-order valence-corrected chi connectivity index (χ4v) is 4.48. The number of rotatable bonds is 5. The van der Waals surface area contributed by atoms with Crippen molar-refractivity contribution in [2.24, 2.45) is 5.41 Å². The SMILES string of the molecule is CC1(C)Cc2c(cnn2-c2cccc(F)c2)[C@H](NC(=O)CSc2ccccn2)C1. The van der Waals surface area contributed by atoms with Crippen LogP contribution in [0.25, 0.3) is 5.69 Å². The molecule has 4 rings (SSSR count). The summed E-state index contributed by atoms with van der Waals surface area (Å²) in [6, 6.07) is 12.0. The average molecular weight is 411 g/mol. The second kappa shape index (κ2) is 7.99. The number of thioether (sulfide) groups is 1. The van der Waals surface area contributed by atoms with E-state index in [0.717, 1.165) is 29.1 Å². The summed E-state index contributed by atoms with van der Waals surface area (Å²) in [4.78, 5) is 16.8. The van der Waals surface area contributed by atoms with Gasteiger partial charge in [0.1, 0.15) is 5.82 Å². The number of amides is 1. The van der Waals surface area contributed by atoms with E-state index >= 15 is 0 Å². The van der Waals surface area contributed by atoms with Gasteiger partial charge in [0.05, 0.1) is 34.4 Å². The van der Waals surface area contributed by atoms with Gasteiger partial charge in [0, 0.05) is 11.8 Å². The van der Waals surface area contributed by atoms with Crippen molar-refractivity contribution in [3.8, 4) is 5.69 Å². The molecule has 3 aromatic rings. The van der Waals surface area contributed by atoms with Gasteiger partial charge in [0.2, 0.25) is 5.91 Å². The third-order valence-corrected chi connectivity index (χ3v) is 6.00. The molecule has 0 spiro atoms. The maximum Gasteiger partial charge on any atom is 0.230 e. The van der Waals surface area contributed by atoms with Crippen LogP contribution in [0, 0.1) is 11.2 Å². The first-order valence-electron chi connectivity index (χ1n) is 9.57. The van der Waals surface area contributed by atoms with E-state index in [1.807, 2.05) is 24.3 Å². The van der Waals surface area contributed by atoms with Crippen molar-refractivity contribution in [3.05, 3.63) is 71.9 Å². The first-order chi connectivity index (χ1) is 13.9. The van der Waals surface area contributed by atoms with Gasteiger partial charge in [-0.1, -0.05) is 37.7 Å². The van der Waals surface area contributed by atoms with E-state index in [2.05, 4.69) is 29.2 Å². The van der Waals surface area contributed by atoms with E-state index < -0.39 is 0 Å². The minimum atomic E-state index is -0.293. The molecule has 0 saturated heterocycles. The quantitative estimate of drug-likeness (QED) is 0.636. The summed E-state index contributed by atoms with van der Waals surface area (Å²) in [6.07, 6.45) is 5.16. The second-order valence-corrected chi connectivity index (χ2v) is 9.06. The fraction of sp³-hybridized carbons (Fsp3) is 0.318. The van der Waals surface area contributed by atoms with Gasteiger partial charge in [-0.3, -0.25) is 4.79 Å². The van der Waals surface area contributed by atoms with Gasteiger partial charge in [-0.25, -0.2) is 14.1 Å². The van der Waals surface area contributed by atoms with Crippen LogP contribution in [0.5, 0.6) is 0 Å². The number of benzene rings is 1. The van der Waals surface area contributed by atoms with E-state index in [1.54, 1.807) is 23.1 Å². The molecule has 1 aliphatic carbocycles. The molecular formula is C22H23FN4OS. The Morgan fingerprint density at radius 3 is 2.93 bits per heavy atom. The molecule has 0 radical (unpaired) electrons. The van der Waals surface area contributed by atoms with E-state index in [4.69, 9.17) is 0 Å². The summed E-state index contributed by atoms with van der Waals surface area (Å²) < 4.78 is 15.5. The highest BCUT2D eigenvalue weighted by Crippen LogP contribution is 2.41. The third kappa shape index (κ3) is 4.50. The molecule has 0 fully saturated rings. The van der Waals surface area contributed by atoms with Crippen LogP contribution in [0.15, 0.2) is 59.9 Å². The van der Waals surface area contributed by atoms with Crippen molar-refractivity contribution in [1.82, 2.24) is 20.1 Å². The highest BCUT2D eigenvalue weighted by atomic mass is 32.2. The van der Waals surface area contributed by atoms with Crippen LogP contribution in [0.4, 0.5) is 4.39 Å². The monoisotopic (exact) mass is 410 g/mol. The van der Waals surface area contributed by atoms with Crippen LogP contribution in [0.1, 0.15) is 37.6 Å². The Bertz CT molecular complexity index is 1020. The minimum Gasteiger partial charge on any atom is -0.348 e. The Morgan fingerprint density at radius 1 is 1.31 bits per heavy atom. The standard InChI is InChI=1S/C22H23FN4OS/c1-22(2)11-18(26-20(28)14-29-21-8-3-4-9-24-21)17-13-25-27(19(17)12-22)16-7-5-6-15(23)10-16/h3-10,13,18H,11-12,14H2,1-2H3,(H,26,28)/t18-/m1/s1. The molecule has 1 aliphatic rings. The highest BCUT2D eigenvalue weighted by Gasteiger charge is 2.36. The number of hydrogen-bond acceptors (Lipinski definition) is 4. The number of fused-ring (bicyclic) bond motifs is 1. The van der Waals surface area contributed by atoms with Gasteiger partial charge >= 0.3 is 0 Å². The lowest BCUT2D eigenvalue weighted by Gasteiger charge is -2.36. The van der Waals surface area contributed by atoms with Crippen LogP contribution in [0.3, 0.4) is 0 Å². The van der Waals surface area contributed by atoms with Crippen molar-refractivity contribution in [3.63, 3.8) is 0 Å². The summed E-state index contributed by atoms with van der Waals surface area (Å²) in [7, 11) is 0. The zero-order valence-electron chi connectivity index (χ0n) is 16.4. The van der Waals surface area contributed by atoms with Crippen LogP contribution >= 0.6 is 11.8 Å². The normalized spacial score (nSPS) is 17.6.